The molecule has 0 saturated carbocycles. The number of halogens is 1. The van der Waals surface area contributed by atoms with Crippen LogP contribution in [0.4, 0.5) is 15.8 Å². The van der Waals surface area contributed by atoms with Crippen molar-refractivity contribution in [3.63, 3.8) is 0 Å². The van der Waals surface area contributed by atoms with Gasteiger partial charge in [-0.3, -0.25) is 4.79 Å². The fourth-order valence-corrected chi connectivity index (χ4v) is 1.70. The fraction of sp³-hybridized carbons (Fsp3) is 0.429. The summed E-state index contributed by atoms with van der Waals surface area (Å²) >= 11 is 0. The van der Waals surface area contributed by atoms with Crippen LogP contribution in [0.1, 0.15) is 31.1 Å². The van der Waals surface area contributed by atoms with Gasteiger partial charge in [-0.2, -0.15) is 0 Å². The first-order valence-corrected chi connectivity index (χ1v) is 6.59. The van der Waals surface area contributed by atoms with Gasteiger partial charge >= 0.3 is 5.97 Å². The number of hydrogen-bond acceptors (Lipinski definition) is 4. The van der Waals surface area contributed by atoms with E-state index >= 15 is 0 Å². The Morgan fingerprint density at radius 1 is 1.33 bits per heavy atom. The smallest absolute Gasteiger partial charge is 0.340 e. The fourth-order valence-electron chi connectivity index (χ4n) is 1.70. The summed E-state index contributed by atoms with van der Waals surface area (Å²) in [5.74, 6) is -2.14. The van der Waals surface area contributed by atoms with Crippen molar-refractivity contribution in [2.75, 3.05) is 17.6 Å². The maximum Gasteiger partial charge on any atom is 0.340 e. The zero-order valence-corrected chi connectivity index (χ0v) is 12.2. The zero-order chi connectivity index (χ0) is 16.2. The molecule has 0 radical (unpaired) electrons. The SMILES string of the molecule is CC(C)CNC(=O)C(C)Nc1ccc(F)c(N)c1C(=O)O. The molecule has 1 aromatic rings. The molecule has 0 spiro atoms. The molecule has 0 aromatic heterocycles. The molecule has 116 valence electrons. The second-order valence-corrected chi connectivity index (χ2v) is 5.19. The topological polar surface area (TPSA) is 104 Å². The zero-order valence-electron chi connectivity index (χ0n) is 12.2. The van der Waals surface area contributed by atoms with Crippen molar-refractivity contribution in [1.29, 1.82) is 0 Å². The minimum absolute atomic E-state index is 0.105. The molecule has 0 saturated heterocycles. The molecule has 0 aliphatic rings. The number of hydrogen-bond donors (Lipinski definition) is 4. The number of carbonyl (C=O) groups is 2. The highest BCUT2D eigenvalue weighted by molar-refractivity contribution is 6.00. The lowest BCUT2D eigenvalue weighted by Gasteiger charge is -2.18. The lowest BCUT2D eigenvalue weighted by Crippen LogP contribution is -2.39. The molecule has 21 heavy (non-hydrogen) atoms. The first-order chi connectivity index (χ1) is 9.73. The third-order valence-corrected chi connectivity index (χ3v) is 2.86. The first-order valence-electron chi connectivity index (χ1n) is 6.59. The number of amides is 1. The molecule has 1 rings (SSSR count). The Hall–Kier alpha value is -2.31. The number of carboxylic acids is 1. The van der Waals surface area contributed by atoms with Crippen molar-refractivity contribution in [1.82, 2.24) is 5.32 Å². The first kappa shape index (κ1) is 16.7. The van der Waals surface area contributed by atoms with E-state index in [0.717, 1.165) is 6.07 Å². The third kappa shape index (κ3) is 4.34. The maximum absolute atomic E-state index is 13.3. The van der Waals surface area contributed by atoms with Gasteiger partial charge in [0.2, 0.25) is 5.91 Å². The monoisotopic (exact) mass is 297 g/mol. The Morgan fingerprint density at radius 2 is 1.95 bits per heavy atom. The predicted octanol–water partition coefficient (Wildman–Crippen LogP) is 1.68. The molecule has 7 heteroatoms. The number of anilines is 2. The molecule has 1 amide bonds. The number of nitrogen functional groups attached to an aromatic ring is 1. The van der Waals surface area contributed by atoms with Crippen molar-refractivity contribution < 1.29 is 19.1 Å². The Balaban J connectivity index is 2.90. The summed E-state index contributed by atoms with van der Waals surface area (Å²) in [6, 6.07) is 1.64. The second kappa shape index (κ2) is 6.92. The van der Waals surface area contributed by atoms with Crippen LogP contribution in [-0.2, 0) is 4.79 Å². The van der Waals surface area contributed by atoms with Crippen LogP contribution in [0.25, 0.3) is 0 Å². The van der Waals surface area contributed by atoms with Crippen molar-refractivity contribution >= 4 is 23.3 Å². The number of nitrogens with two attached hydrogens (primary N) is 1. The highest BCUT2D eigenvalue weighted by Crippen LogP contribution is 2.25. The molecule has 5 N–H and O–H groups in total. The van der Waals surface area contributed by atoms with Crippen LogP contribution in [0.15, 0.2) is 12.1 Å². The average molecular weight is 297 g/mol. The maximum atomic E-state index is 13.3. The Bertz CT molecular complexity index is 547. The van der Waals surface area contributed by atoms with Crippen molar-refractivity contribution in [3.8, 4) is 0 Å². The predicted molar refractivity (Wildman–Crippen MR) is 78.7 cm³/mol. The van der Waals surface area contributed by atoms with Crippen LogP contribution < -0.4 is 16.4 Å². The summed E-state index contributed by atoms with van der Waals surface area (Å²) in [6.07, 6.45) is 0. The van der Waals surface area contributed by atoms with Crippen LogP contribution >= 0.6 is 0 Å². The second-order valence-electron chi connectivity index (χ2n) is 5.19. The van der Waals surface area contributed by atoms with Gasteiger partial charge in [0.15, 0.2) is 0 Å². The van der Waals surface area contributed by atoms with E-state index in [1.165, 1.54) is 6.07 Å². The normalized spacial score (nSPS) is 12.0. The van der Waals surface area contributed by atoms with E-state index in [0.29, 0.717) is 12.5 Å². The van der Waals surface area contributed by atoms with E-state index in [-0.39, 0.29) is 17.2 Å². The van der Waals surface area contributed by atoms with E-state index in [1.807, 2.05) is 13.8 Å². The lowest BCUT2D eigenvalue weighted by molar-refractivity contribution is -0.121. The molecule has 0 aliphatic carbocycles. The molecule has 1 atom stereocenters. The Morgan fingerprint density at radius 3 is 2.48 bits per heavy atom. The number of carboxylic acid groups (broad SMARTS) is 1. The van der Waals surface area contributed by atoms with Gasteiger partial charge in [-0.25, -0.2) is 9.18 Å². The summed E-state index contributed by atoms with van der Waals surface area (Å²) in [4.78, 5) is 23.0. The Labute approximate surface area is 122 Å². The van der Waals surface area contributed by atoms with Gasteiger partial charge in [0.05, 0.1) is 11.4 Å². The summed E-state index contributed by atoms with van der Waals surface area (Å²) in [7, 11) is 0. The van der Waals surface area contributed by atoms with Gasteiger partial charge in [0.1, 0.15) is 17.4 Å². The largest absolute Gasteiger partial charge is 0.478 e. The molecule has 1 aromatic carbocycles. The summed E-state index contributed by atoms with van der Waals surface area (Å²) < 4.78 is 13.3. The lowest BCUT2D eigenvalue weighted by atomic mass is 10.1. The molecule has 6 nitrogen and oxygen atoms in total. The van der Waals surface area contributed by atoms with Gasteiger partial charge in [0, 0.05) is 6.54 Å². The molecule has 0 heterocycles. The Kier molecular flexibility index (Phi) is 5.52. The molecular weight excluding hydrogens is 277 g/mol. The summed E-state index contributed by atoms with van der Waals surface area (Å²) in [5.41, 5.74) is 4.71. The van der Waals surface area contributed by atoms with Gasteiger partial charge in [-0.15, -0.1) is 0 Å². The van der Waals surface area contributed by atoms with Gasteiger partial charge < -0.3 is 21.5 Å². The quantitative estimate of drug-likeness (QED) is 0.598. The number of rotatable bonds is 6. The third-order valence-electron chi connectivity index (χ3n) is 2.86. The molecule has 0 fully saturated rings. The average Bonchev–Trinajstić information content (AvgIpc) is 2.39. The van der Waals surface area contributed by atoms with Crippen molar-refractivity contribution in [3.05, 3.63) is 23.5 Å². The van der Waals surface area contributed by atoms with Gasteiger partial charge in [-0.05, 0) is 25.0 Å². The van der Waals surface area contributed by atoms with Crippen molar-refractivity contribution in [2.45, 2.75) is 26.8 Å². The highest BCUT2D eigenvalue weighted by atomic mass is 19.1. The highest BCUT2D eigenvalue weighted by Gasteiger charge is 2.20. The van der Waals surface area contributed by atoms with E-state index in [1.54, 1.807) is 6.92 Å². The molecule has 1 unspecified atom stereocenters. The van der Waals surface area contributed by atoms with Crippen LogP contribution in [0, 0.1) is 11.7 Å². The number of aromatic carboxylic acids is 1. The minimum Gasteiger partial charge on any atom is -0.478 e. The van der Waals surface area contributed by atoms with Crippen LogP contribution in [0.3, 0.4) is 0 Å². The molecular formula is C14H20FN3O3. The standard InChI is InChI=1S/C14H20FN3O3/c1-7(2)6-17-13(19)8(3)18-10-5-4-9(15)12(16)11(10)14(20)21/h4-5,7-8,18H,6,16H2,1-3H3,(H,17,19)(H,20,21). The summed E-state index contributed by atoms with van der Waals surface area (Å²) in [5, 5.41) is 14.6. The van der Waals surface area contributed by atoms with Crippen LogP contribution in [0.2, 0.25) is 0 Å². The van der Waals surface area contributed by atoms with Gasteiger partial charge in [0.25, 0.3) is 0 Å². The molecule has 0 aliphatic heterocycles. The van der Waals surface area contributed by atoms with Gasteiger partial charge in [-0.1, -0.05) is 13.8 Å². The van der Waals surface area contributed by atoms with E-state index < -0.39 is 23.5 Å². The number of carbonyl (C=O) groups excluding carboxylic acids is 1. The van der Waals surface area contributed by atoms with E-state index in [2.05, 4.69) is 10.6 Å². The van der Waals surface area contributed by atoms with Crippen LogP contribution in [-0.4, -0.2) is 29.6 Å². The van der Waals surface area contributed by atoms with Crippen molar-refractivity contribution in [2.24, 2.45) is 5.92 Å². The molecule has 0 bridgehead atoms. The van der Waals surface area contributed by atoms with Crippen LogP contribution in [0.5, 0.6) is 0 Å². The summed E-state index contributed by atoms with van der Waals surface area (Å²) in [6.45, 7) is 6.02. The number of benzene rings is 1. The number of nitrogens with one attached hydrogen (secondary N) is 2. The minimum atomic E-state index is -1.36. The van der Waals surface area contributed by atoms with E-state index in [4.69, 9.17) is 10.8 Å². The van der Waals surface area contributed by atoms with E-state index in [9.17, 15) is 14.0 Å².